The number of furan rings is 1. The monoisotopic (exact) mass is 382 g/mol. The molecule has 1 aromatic heterocycles. The number of nitrogens with zero attached hydrogens (tertiary/aromatic N) is 1. The molecule has 2 rings (SSSR count). The Kier molecular flexibility index (Phi) is 5.58. The first-order valence-corrected chi connectivity index (χ1v) is 9.56. The number of amides is 1. The van der Waals surface area contributed by atoms with Crippen LogP contribution in [-0.2, 0) is 10.0 Å². The van der Waals surface area contributed by atoms with E-state index in [-0.39, 0.29) is 10.9 Å². The molecule has 0 radical (unpaired) electrons. The third-order valence-corrected chi connectivity index (χ3v) is 5.38. The average Bonchev–Trinajstić information content (AvgIpc) is 3.02. The van der Waals surface area contributed by atoms with Crippen LogP contribution in [0.25, 0.3) is 0 Å². The highest BCUT2D eigenvalue weighted by atomic mass is 32.2. The molecule has 1 amide bonds. The molecule has 0 saturated heterocycles. The van der Waals surface area contributed by atoms with Crippen molar-refractivity contribution in [3.63, 3.8) is 0 Å². The molecule has 1 N–H and O–H groups in total. The standard InChI is InChI=1S/C18H23FN2O4S/c1-12(13-8-6-7-9-14(13)19)21(5)17(22)15-10-11-16(25-15)26(23,24)20-18(2,3)4/h6-12,20H,1-5H3. The fourth-order valence-corrected chi connectivity index (χ4v) is 3.76. The third kappa shape index (κ3) is 4.50. The number of sulfonamides is 1. The molecule has 0 aliphatic carbocycles. The normalized spacial score (nSPS) is 13.5. The van der Waals surface area contributed by atoms with Crippen molar-refractivity contribution in [3.8, 4) is 0 Å². The largest absolute Gasteiger partial charge is 0.438 e. The van der Waals surface area contributed by atoms with Gasteiger partial charge in [-0.3, -0.25) is 4.79 Å². The first-order chi connectivity index (χ1) is 11.9. The van der Waals surface area contributed by atoms with E-state index in [1.54, 1.807) is 45.9 Å². The van der Waals surface area contributed by atoms with Crippen LogP contribution in [0.5, 0.6) is 0 Å². The van der Waals surface area contributed by atoms with Crippen molar-refractivity contribution in [2.75, 3.05) is 7.05 Å². The number of hydrogen-bond donors (Lipinski definition) is 1. The summed E-state index contributed by atoms with van der Waals surface area (Å²) in [6.07, 6.45) is 0. The summed E-state index contributed by atoms with van der Waals surface area (Å²) in [5.74, 6) is -1.10. The van der Waals surface area contributed by atoms with Gasteiger partial charge in [0.05, 0.1) is 6.04 Å². The van der Waals surface area contributed by atoms with E-state index in [0.717, 1.165) is 0 Å². The summed E-state index contributed by atoms with van der Waals surface area (Å²) < 4.78 is 46.2. The average molecular weight is 382 g/mol. The molecular weight excluding hydrogens is 359 g/mol. The first-order valence-electron chi connectivity index (χ1n) is 8.08. The maximum atomic E-state index is 13.9. The number of benzene rings is 1. The molecule has 1 heterocycles. The Morgan fingerprint density at radius 1 is 1.19 bits per heavy atom. The Morgan fingerprint density at radius 2 is 1.81 bits per heavy atom. The lowest BCUT2D eigenvalue weighted by molar-refractivity contribution is 0.0702. The molecule has 8 heteroatoms. The molecule has 0 aliphatic heterocycles. The van der Waals surface area contributed by atoms with Crippen LogP contribution in [0.1, 0.15) is 49.9 Å². The van der Waals surface area contributed by atoms with E-state index in [2.05, 4.69) is 4.72 Å². The van der Waals surface area contributed by atoms with Gasteiger partial charge < -0.3 is 9.32 Å². The molecule has 0 aliphatic rings. The Hall–Kier alpha value is -2.19. The van der Waals surface area contributed by atoms with Gasteiger partial charge >= 0.3 is 0 Å². The van der Waals surface area contributed by atoms with Crippen LogP contribution in [0, 0.1) is 5.82 Å². The molecule has 142 valence electrons. The molecule has 26 heavy (non-hydrogen) atoms. The van der Waals surface area contributed by atoms with E-state index in [9.17, 15) is 17.6 Å². The number of carbonyl (C=O) groups is 1. The van der Waals surface area contributed by atoms with Gasteiger partial charge in [-0.15, -0.1) is 0 Å². The Morgan fingerprint density at radius 3 is 2.38 bits per heavy atom. The van der Waals surface area contributed by atoms with Crippen LogP contribution >= 0.6 is 0 Å². The van der Waals surface area contributed by atoms with Crippen LogP contribution in [0.3, 0.4) is 0 Å². The lowest BCUT2D eigenvalue weighted by Gasteiger charge is -2.24. The fourth-order valence-electron chi connectivity index (χ4n) is 2.41. The van der Waals surface area contributed by atoms with Gasteiger partial charge in [0, 0.05) is 18.2 Å². The van der Waals surface area contributed by atoms with Crippen molar-refractivity contribution in [1.29, 1.82) is 0 Å². The van der Waals surface area contributed by atoms with E-state index in [4.69, 9.17) is 4.42 Å². The number of nitrogens with one attached hydrogen (secondary N) is 1. The minimum Gasteiger partial charge on any atom is -0.438 e. The van der Waals surface area contributed by atoms with Crippen LogP contribution < -0.4 is 4.72 Å². The summed E-state index contributed by atoms with van der Waals surface area (Å²) in [5.41, 5.74) is -0.330. The minimum absolute atomic E-state index is 0.134. The molecule has 1 atom stereocenters. The van der Waals surface area contributed by atoms with Crippen molar-refractivity contribution in [3.05, 3.63) is 53.5 Å². The van der Waals surface area contributed by atoms with Crippen molar-refractivity contribution in [2.24, 2.45) is 0 Å². The second-order valence-corrected chi connectivity index (χ2v) is 8.70. The maximum absolute atomic E-state index is 13.9. The van der Waals surface area contributed by atoms with E-state index < -0.39 is 33.3 Å². The van der Waals surface area contributed by atoms with Gasteiger partial charge in [-0.2, -0.15) is 0 Å². The van der Waals surface area contributed by atoms with Crippen molar-refractivity contribution >= 4 is 15.9 Å². The van der Waals surface area contributed by atoms with Gasteiger partial charge in [-0.1, -0.05) is 18.2 Å². The zero-order valence-electron chi connectivity index (χ0n) is 15.4. The number of carbonyl (C=O) groups excluding carboxylic acids is 1. The lowest BCUT2D eigenvalue weighted by atomic mass is 10.1. The van der Waals surface area contributed by atoms with Gasteiger partial charge in [0.1, 0.15) is 5.82 Å². The zero-order valence-corrected chi connectivity index (χ0v) is 16.2. The van der Waals surface area contributed by atoms with Crippen LogP contribution in [-0.4, -0.2) is 31.8 Å². The summed E-state index contributed by atoms with van der Waals surface area (Å²) in [5, 5.41) is -0.345. The quantitative estimate of drug-likeness (QED) is 0.860. The van der Waals surface area contributed by atoms with Crippen molar-refractivity contribution in [2.45, 2.75) is 44.4 Å². The fraction of sp³-hybridized carbons (Fsp3) is 0.389. The van der Waals surface area contributed by atoms with E-state index in [1.165, 1.54) is 30.1 Å². The zero-order chi connectivity index (χ0) is 19.7. The summed E-state index contributed by atoms with van der Waals surface area (Å²) in [7, 11) is -2.38. The SMILES string of the molecule is CC(c1ccccc1F)N(C)C(=O)c1ccc(S(=O)(=O)NC(C)(C)C)o1. The Bertz CT molecular complexity index is 900. The van der Waals surface area contributed by atoms with Crippen molar-refractivity contribution < 1.29 is 22.0 Å². The number of halogens is 1. The maximum Gasteiger partial charge on any atom is 0.289 e. The predicted molar refractivity (Wildman–Crippen MR) is 95.7 cm³/mol. The number of rotatable bonds is 5. The first kappa shape index (κ1) is 20.1. The molecule has 0 spiro atoms. The van der Waals surface area contributed by atoms with Crippen LogP contribution in [0.2, 0.25) is 0 Å². The van der Waals surface area contributed by atoms with E-state index in [1.807, 2.05) is 0 Å². The summed E-state index contributed by atoms with van der Waals surface area (Å²) in [4.78, 5) is 13.9. The molecule has 0 saturated carbocycles. The minimum atomic E-state index is -3.88. The number of hydrogen-bond acceptors (Lipinski definition) is 4. The van der Waals surface area contributed by atoms with Crippen molar-refractivity contribution in [1.82, 2.24) is 9.62 Å². The molecule has 0 bridgehead atoms. The summed E-state index contributed by atoms with van der Waals surface area (Å²) >= 11 is 0. The smallest absolute Gasteiger partial charge is 0.289 e. The molecule has 1 aromatic carbocycles. The second kappa shape index (κ2) is 7.20. The van der Waals surface area contributed by atoms with Gasteiger partial charge in [-0.25, -0.2) is 17.5 Å². The molecule has 2 aromatic rings. The van der Waals surface area contributed by atoms with Gasteiger partial charge in [0.25, 0.3) is 15.9 Å². The topological polar surface area (TPSA) is 79.6 Å². The Labute approximate surface area is 153 Å². The highest BCUT2D eigenvalue weighted by Gasteiger charge is 2.28. The molecule has 0 fully saturated rings. The predicted octanol–water partition coefficient (Wildman–Crippen LogP) is 3.33. The van der Waals surface area contributed by atoms with Gasteiger partial charge in [-0.05, 0) is 45.9 Å². The third-order valence-electron chi connectivity index (χ3n) is 3.75. The van der Waals surface area contributed by atoms with Gasteiger partial charge in [0.15, 0.2) is 5.76 Å². The molecule has 6 nitrogen and oxygen atoms in total. The highest BCUT2D eigenvalue weighted by molar-refractivity contribution is 7.89. The van der Waals surface area contributed by atoms with Crippen LogP contribution in [0.4, 0.5) is 4.39 Å². The van der Waals surface area contributed by atoms with Gasteiger partial charge in [0.2, 0.25) is 5.09 Å². The second-order valence-electron chi connectivity index (χ2n) is 7.09. The van der Waals surface area contributed by atoms with E-state index in [0.29, 0.717) is 5.56 Å². The highest BCUT2D eigenvalue weighted by Crippen LogP contribution is 2.24. The van der Waals surface area contributed by atoms with Crippen LogP contribution in [0.15, 0.2) is 45.9 Å². The van der Waals surface area contributed by atoms with E-state index >= 15 is 0 Å². The molecule has 1 unspecified atom stereocenters. The summed E-state index contributed by atoms with van der Waals surface area (Å²) in [6, 6.07) is 8.13. The lowest BCUT2D eigenvalue weighted by Crippen LogP contribution is -2.40. The molecular formula is C18H23FN2O4S. The summed E-state index contributed by atoms with van der Waals surface area (Å²) in [6.45, 7) is 6.77. The Balaban J connectivity index is 2.23.